The zero-order valence-corrected chi connectivity index (χ0v) is 8.36. The van der Waals surface area contributed by atoms with Gasteiger partial charge in [0.2, 0.25) is 0 Å². The van der Waals surface area contributed by atoms with Crippen LogP contribution in [0.4, 0.5) is 0 Å². The summed E-state index contributed by atoms with van der Waals surface area (Å²) in [6.45, 7) is 2.99. The predicted molar refractivity (Wildman–Crippen MR) is 52.6 cm³/mol. The quantitative estimate of drug-likeness (QED) is 0.741. The van der Waals surface area contributed by atoms with Crippen LogP contribution in [0.3, 0.4) is 0 Å². The van der Waals surface area contributed by atoms with Gasteiger partial charge in [0.1, 0.15) is 12.2 Å². The molecule has 0 aliphatic heterocycles. The number of benzene rings is 1. The predicted octanol–water partition coefficient (Wildman–Crippen LogP) is 1.46. The molecule has 0 aromatic heterocycles. The second-order valence-electron chi connectivity index (χ2n) is 3.51. The van der Waals surface area contributed by atoms with Crippen molar-refractivity contribution in [2.45, 2.75) is 19.4 Å². The Kier molecular flexibility index (Phi) is 3.25. The number of carbonyl (C=O) groups is 1. The molecule has 1 aromatic rings. The number of hydrogen-bond acceptors (Lipinski definition) is 3. The Balaban J connectivity index is 2.80. The lowest BCUT2D eigenvalue weighted by Gasteiger charge is -2.25. The average molecular weight is 194 g/mol. The van der Waals surface area contributed by atoms with Crippen LogP contribution in [0.2, 0.25) is 0 Å². The fourth-order valence-corrected chi connectivity index (χ4v) is 1.22. The normalized spacial score (nSPS) is 11.1. The van der Waals surface area contributed by atoms with Crippen molar-refractivity contribution in [3.05, 3.63) is 35.9 Å². The summed E-state index contributed by atoms with van der Waals surface area (Å²) in [5.41, 5.74) is 0.211. The molecular weight excluding hydrogens is 180 g/mol. The first-order valence-corrected chi connectivity index (χ1v) is 4.44. The second kappa shape index (κ2) is 4.24. The fraction of sp³-hybridized carbons (Fsp3) is 0.364. The van der Waals surface area contributed by atoms with Crippen molar-refractivity contribution >= 4 is 5.97 Å². The first-order valence-electron chi connectivity index (χ1n) is 4.44. The minimum atomic E-state index is -0.693. The molecule has 3 heteroatoms. The van der Waals surface area contributed by atoms with Crippen molar-refractivity contribution in [1.82, 2.24) is 0 Å². The number of aliphatic hydroxyl groups excluding tert-OH is 1. The molecule has 0 saturated carbocycles. The van der Waals surface area contributed by atoms with Gasteiger partial charge in [-0.2, -0.15) is 0 Å². The molecule has 1 aromatic carbocycles. The van der Waals surface area contributed by atoms with Gasteiger partial charge in [-0.05, 0) is 19.4 Å². The average Bonchev–Trinajstić information content (AvgIpc) is 2.18. The van der Waals surface area contributed by atoms with Crippen LogP contribution in [0.5, 0.6) is 0 Å². The van der Waals surface area contributed by atoms with E-state index in [0.717, 1.165) is 5.56 Å². The Morgan fingerprint density at radius 2 is 1.93 bits per heavy atom. The molecule has 0 atom stereocenters. The Morgan fingerprint density at radius 3 is 2.43 bits per heavy atom. The summed E-state index contributed by atoms with van der Waals surface area (Å²) in [5, 5.41) is 8.57. The van der Waals surface area contributed by atoms with Gasteiger partial charge in [-0.3, -0.25) is 0 Å². The summed E-state index contributed by atoms with van der Waals surface area (Å²) in [4.78, 5) is 10.9. The largest absolute Gasteiger partial charge is 0.453 e. The minimum Gasteiger partial charge on any atom is -0.453 e. The molecule has 0 saturated heterocycles. The number of hydrogen-bond donors (Lipinski definition) is 1. The van der Waals surface area contributed by atoms with Crippen molar-refractivity contribution in [2.24, 2.45) is 0 Å². The second-order valence-corrected chi connectivity index (χ2v) is 3.51. The molecule has 3 nitrogen and oxygen atoms in total. The van der Waals surface area contributed by atoms with Gasteiger partial charge in [0.25, 0.3) is 0 Å². The van der Waals surface area contributed by atoms with Gasteiger partial charge in [-0.25, -0.2) is 4.79 Å². The van der Waals surface area contributed by atoms with E-state index in [4.69, 9.17) is 9.84 Å². The molecule has 0 bridgehead atoms. The van der Waals surface area contributed by atoms with Gasteiger partial charge >= 0.3 is 5.97 Å². The lowest BCUT2D eigenvalue weighted by Crippen LogP contribution is -2.27. The van der Waals surface area contributed by atoms with E-state index in [-0.39, 0.29) is 0 Å². The van der Waals surface area contributed by atoms with Crippen LogP contribution in [-0.2, 0) is 15.1 Å². The highest BCUT2D eigenvalue weighted by Crippen LogP contribution is 2.24. The maximum absolute atomic E-state index is 10.9. The van der Waals surface area contributed by atoms with Gasteiger partial charge in [-0.1, -0.05) is 30.3 Å². The molecule has 0 heterocycles. The van der Waals surface area contributed by atoms with E-state index < -0.39 is 18.2 Å². The molecule has 0 fully saturated rings. The van der Waals surface area contributed by atoms with Crippen LogP contribution in [-0.4, -0.2) is 17.7 Å². The summed E-state index contributed by atoms with van der Waals surface area (Å²) in [5.74, 6) is -0.612. The highest BCUT2D eigenvalue weighted by atomic mass is 16.6. The maximum atomic E-state index is 10.9. The lowest BCUT2D eigenvalue weighted by molar-refractivity contribution is -0.160. The summed E-state index contributed by atoms with van der Waals surface area (Å²) in [6.07, 6.45) is 0. The van der Waals surface area contributed by atoms with Crippen LogP contribution < -0.4 is 0 Å². The van der Waals surface area contributed by atoms with E-state index in [0.29, 0.717) is 0 Å². The molecule has 0 radical (unpaired) electrons. The third-order valence-corrected chi connectivity index (χ3v) is 1.97. The van der Waals surface area contributed by atoms with E-state index in [2.05, 4.69) is 0 Å². The number of rotatable bonds is 3. The van der Waals surface area contributed by atoms with Crippen LogP contribution in [0.25, 0.3) is 0 Å². The maximum Gasteiger partial charge on any atom is 0.332 e. The third kappa shape index (κ3) is 2.57. The monoisotopic (exact) mass is 194 g/mol. The molecule has 0 aliphatic rings. The Labute approximate surface area is 83.3 Å². The van der Waals surface area contributed by atoms with E-state index in [1.165, 1.54) is 0 Å². The first kappa shape index (κ1) is 10.7. The molecule has 0 aliphatic carbocycles. The molecule has 0 spiro atoms. The number of ether oxygens (including phenoxy) is 1. The van der Waals surface area contributed by atoms with Gasteiger partial charge in [-0.15, -0.1) is 0 Å². The topological polar surface area (TPSA) is 46.5 Å². The van der Waals surface area contributed by atoms with Crippen LogP contribution in [0.1, 0.15) is 19.4 Å². The highest BCUT2D eigenvalue weighted by Gasteiger charge is 2.24. The fourth-order valence-electron chi connectivity index (χ4n) is 1.22. The lowest BCUT2D eigenvalue weighted by atomic mass is 9.98. The summed E-state index contributed by atoms with van der Waals surface area (Å²) in [6, 6.07) is 9.41. The zero-order chi connectivity index (χ0) is 10.6. The Hall–Kier alpha value is -1.35. The van der Waals surface area contributed by atoms with E-state index in [1.54, 1.807) is 13.8 Å². The highest BCUT2D eigenvalue weighted by molar-refractivity contribution is 5.71. The van der Waals surface area contributed by atoms with Gasteiger partial charge in [0.05, 0.1) is 0 Å². The van der Waals surface area contributed by atoms with Crippen molar-refractivity contribution in [2.75, 3.05) is 6.61 Å². The summed E-state index contributed by atoms with van der Waals surface area (Å²) < 4.78 is 5.08. The van der Waals surface area contributed by atoms with Crippen LogP contribution in [0.15, 0.2) is 30.3 Å². The van der Waals surface area contributed by atoms with Crippen LogP contribution in [0, 0.1) is 0 Å². The Bertz CT molecular complexity index is 304. The van der Waals surface area contributed by atoms with Crippen molar-refractivity contribution in [1.29, 1.82) is 0 Å². The minimum absolute atomic E-state index is 0.587. The molecular formula is C11H14O3. The zero-order valence-electron chi connectivity index (χ0n) is 8.36. The summed E-state index contributed by atoms with van der Waals surface area (Å²) >= 11 is 0. The molecule has 14 heavy (non-hydrogen) atoms. The van der Waals surface area contributed by atoms with Crippen molar-refractivity contribution in [3.8, 4) is 0 Å². The van der Waals surface area contributed by atoms with Crippen LogP contribution >= 0.6 is 0 Å². The van der Waals surface area contributed by atoms with Gasteiger partial charge < -0.3 is 9.84 Å². The molecule has 76 valence electrons. The first-order chi connectivity index (χ1) is 6.56. The number of esters is 1. The third-order valence-electron chi connectivity index (χ3n) is 1.97. The van der Waals surface area contributed by atoms with E-state index >= 15 is 0 Å². The van der Waals surface area contributed by atoms with Gasteiger partial charge in [0, 0.05) is 0 Å². The van der Waals surface area contributed by atoms with E-state index in [9.17, 15) is 4.79 Å². The molecule has 0 amide bonds. The number of carbonyl (C=O) groups excluding carboxylic acids is 1. The van der Waals surface area contributed by atoms with Crippen molar-refractivity contribution < 1.29 is 14.6 Å². The molecule has 0 unspecified atom stereocenters. The van der Waals surface area contributed by atoms with Gasteiger partial charge in [0.15, 0.2) is 0 Å². The SMILES string of the molecule is CC(C)(OC(=O)CO)c1ccccc1. The standard InChI is InChI=1S/C11H14O3/c1-11(2,14-10(13)8-12)9-6-4-3-5-7-9/h3-7,12H,8H2,1-2H3. The molecule has 1 N–H and O–H groups in total. The van der Waals surface area contributed by atoms with Crippen molar-refractivity contribution in [3.63, 3.8) is 0 Å². The Morgan fingerprint density at radius 1 is 1.36 bits per heavy atom. The smallest absolute Gasteiger partial charge is 0.332 e. The number of aliphatic hydroxyl groups is 1. The summed E-state index contributed by atoms with van der Waals surface area (Å²) in [7, 11) is 0. The van der Waals surface area contributed by atoms with E-state index in [1.807, 2.05) is 30.3 Å². The molecule has 1 rings (SSSR count).